The molecule has 0 aliphatic carbocycles. The molecule has 1 aliphatic heterocycles. The maximum atomic E-state index is 12.8. The fourth-order valence-electron chi connectivity index (χ4n) is 3.50. The minimum atomic E-state index is -0.955. The van der Waals surface area contributed by atoms with Gasteiger partial charge in [0.05, 0.1) is 23.6 Å². The Balaban J connectivity index is 2.06. The van der Waals surface area contributed by atoms with Crippen molar-refractivity contribution in [2.45, 2.75) is 12.8 Å². The Bertz CT molecular complexity index is 1140. The van der Waals surface area contributed by atoms with Crippen LogP contribution in [0.25, 0.3) is 11.0 Å². The van der Waals surface area contributed by atoms with E-state index in [0.717, 1.165) is 0 Å². The Hall–Kier alpha value is -3.59. The van der Waals surface area contributed by atoms with Crippen LogP contribution in [0.3, 0.4) is 0 Å². The van der Waals surface area contributed by atoms with Gasteiger partial charge in [-0.1, -0.05) is 30.3 Å². The van der Waals surface area contributed by atoms with E-state index in [0.29, 0.717) is 28.9 Å². The van der Waals surface area contributed by atoms with Gasteiger partial charge in [-0.3, -0.25) is 5.41 Å². The van der Waals surface area contributed by atoms with Crippen molar-refractivity contribution in [1.82, 2.24) is 0 Å². The zero-order valence-electron chi connectivity index (χ0n) is 14.6. The maximum absolute atomic E-state index is 12.8. The molecule has 2 unspecified atom stereocenters. The SMILES string of the molecule is CCOc1ccccc1C1c2c(c3ccccc3oc2=O)OC(=N)C1C#N. The van der Waals surface area contributed by atoms with Crippen LogP contribution in [0.15, 0.2) is 57.7 Å². The van der Waals surface area contributed by atoms with E-state index < -0.39 is 17.5 Å². The standard InChI is InChI=1S/C21H16N2O4/c1-2-25-15-9-5-3-7-12(15)17-14(11-22)20(23)27-19-13-8-4-6-10-16(13)26-21(24)18(17)19/h3-10,14,17,23H,2H2,1H3. The molecule has 0 bridgehead atoms. The van der Waals surface area contributed by atoms with E-state index in [-0.39, 0.29) is 17.2 Å². The first kappa shape index (κ1) is 16.9. The molecule has 27 heavy (non-hydrogen) atoms. The summed E-state index contributed by atoms with van der Waals surface area (Å²) >= 11 is 0. The van der Waals surface area contributed by atoms with Crippen molar-refractivity contribution in [3.63, 3.8) is 0 Å². The quantitative estimate of drug-likeness (QED) is 0.716. The fourth-order valence-corrected chi connectivity index (χ4v) is 3.50. The van der Waals surface area contributed by atoms with Gasteiger partial charge in [0.25, 0.3) is 0 Å². The number of benzene rings is 2. The third-order valence-electron chi connectivity index (χ3n) is 4.63. The average molecular weight is 360 g/mol. The molecule has 0 spiro atoms. The minimum absolute atomic E-state index is 0.197. The molecule has 0 fully saturated rings. The van der Waals surface area contributed by atoms with Crippen molar-refractivity contribution in [1.29, 1.82) is 10.7 Å². The topological polar surface area (TPSA) is 96.3 Å². The summed E-state index contributed by atoms with van der Waals surface area (Å²) < 4.78 is 16.8. The molecule has 3 aromatic rings. The van der Waals surface area contributed by atoms with E-state index in [4.69, 9.17) is 19.3 Å². The molecule has 1 aliphatic rings. The third-order valence-corrected chi connectivity index (χ3v) is 4.63. The van der Waals surface area contributed by atoms with Crippen molar-refractivity contribution in [2.24, 2.45) is 5.92 Å². The van der Waals surface area contributed by atoms with Crippen LogP contribution in [0.4, 0.5) is 0 Å². The van der Waals surface area contributed by atoms with E-state index in [1.54, 1.807) is 36.4 Å². The van der Waals surface area contributed by atoms with Crippen LogP contribution in [0, 0.1) is 22.7 Å². The summed E-state index contributed by atoms with van der Waals surface area (Å²) in [6.45, 7) is 2.30. The molecule has 2 heterocycles. The molecule has 0 saturated carbocycles. The largest absolute Gasteiger partial charge is 0.494 e. The van der Waals surface area contributed by atoms with Crippen molar-refractivity contribution in [3.8, 4) is 17.6 Å². The summed E-state index contributed by atoms with van der Waals surface area (Å²) in [7, 11) is 0. The van der Waals surface area contributed by atoms with Crippen molar-refractivity contribution in [2.75, 3.05) is 6.61 Å². The van der Waals surface area contributed by atoms with E-state index in [9.17, 15) is 10.1 Å². The number of nitrogens with one attached hydrogen (secondary N) is 1. The van der Waals surface area contributed by atoms with Crippen molar-refractivity contribution >= 4 is 16.9 Å². The van der Waals surface area contributed by atoms with Gasteiger partial charge in [0.15, 0.2) is 5.75 Å². The molecule has 0 radical (unpaired) electrons. The molecule has 134 valence electrons. The number of ether oxygens (including phenoxy) is 2. The second kappa shape index (κ2) is 6.61. The number of rotatable bonds is 3. The Kier molecular flexibility index (Phi) is 4.13. The summed E-state index contributed by atoms with van der Waals surface area (Å²) in [5.41, 5.74) is 0.695. The Morgan fingerprint density at radius 2 is 1.93 bits per heavy atom. The lowest BCUT2D eigenvalue weighted by Crippen LogP contribution is -2.34. The van der Waals surface area contributed by atoms with Gasteiger partial charge in [-0.25, -0.2) is 4.79 Å². The van der Waals surface area contributed by atoms with Gasteiger partial charge in [-0.2, -0.15) is 5.26 Å². The van der Waals surface area contributed by atoms with Crippen molar-refractivity contribution < 1.29 is 13.9 Å². The summed E-state index contributed by atoms with van der Waals surface area (Å²) in [6, 6.07) is 16.3. The van der Waals surface area contributed by atoms with Crippen molar-refractivity contribution in [3.05, 3.63) is 70.1 Å². The van der Waals surface area contributed by atoms with Gasteiger partial charge < -0.3 is 13.9 Å². The second-order valence-corrected chi connectivity index (χ2v) is 6.15. The molecular weight excluding hydrogens is 344 g/mol. The molecule has 1 aromatic heterocycles. The maximum Gasteiger partial charge on any atom is 0.343 e. The summed E-state index contributed by atoms with van der Waals surface area (Å²) in [5, 5.41) is 18.5. The van der Waals surface area contributed by atoms with Crippen LogP contribution in [0.1, 0.15) is 24.0 Å². The van der Waals surface area contributed by atoms with E-state index >= 15 is 0 Å². The summed E-state index contributed by atoms with van der Waals surface area (Å²) in [5.74, 6) is -1.02. The number of nitrogens with zero attached hydrogens (tertiary/aromatic N) is 1. The van der Waals surface area contributed by atoms with Crippen LogP contribution >= 0.6 is 0 Å². The molecule has 1 N–H and O–H groups in total. The number of hydrogen-bond acceptors (Lipinski definition) is 6. The Morgan fingerprint density at radius 3 is 2.70 bits per heavy atom. The predicted molar refractivity (Wildman–Crippen MR) is 99.4 cm³/mol. The Morgan fingerprint density at radius 1 is 1.19 bits per heavy atom. The first-order chi connectivity index (χ1) is 13.2. The van der Waals surface area contributed by atoms with E-state index in [1.165, 1.54) is 0 Å². The molecule has 0 amide bonds. The lowest BCUT2D eigenvalue weighted by molar-refractivity contribution is 0.332. The third kappa shape index (κ3) is 2.64. The second-order valence-electron chi connectivity index (χ2n) is 6.15. The van der Waals surface area contributed by atoms with Crippen LogP contribution < -0.4 is 15.1 Å². The number of fused-ring (bicyclic) bond motifs is 3. The fraction of sp³-hybridized carbons (Fsp3) is 0.190. The van der Waals surface area contributed by atoms with Gasteiger partial charge in [-0.15, -0.1) is 0 Å². The van der Waals surface area contributed by atoms with Gasteiger partial charge in [0.2, 0.25) is 5.90 Å². The highest BCUT2D eigenvalue weighted by molar-refractivity contribution is 5.93. The zero-order chi connectivity index (χ0) is 19.0. The number of hydrogen-bond donors (Lipinski definition) is 1. The van der Waals surface area contributed by atoms with Crippen LogP contribution in [-0.4, -0.2) is 12.5 Å². The lowest BCUT2D eigenvalue weighted by Gasteiger charge is -2.30. The molecule has 6 nitrogen and oxygen atoms in total. The molecule has 2 aromatic carbocycles. The molecular formula is C21H16N2O4. The van der Waals surface area contributed by atoms with Gasteiger partial charge in [0, 0.05) is 11.5 Å². The average Bonchev–Trinajstić information content (AvgIpc) is 2.68. The van der Waals surface area contributed by atoms with Gasteiger partial charge in [-0.05, 0) is 25.1 Å². The van der Waals surface area contributed by atoms with E-state index in [1.807, 2.05) is 19.1 Å². The number of nitriles is 1. The van der Waals surface area contributed by atoms with Crippen LogP contribution in [0.2, 0.25) is 0 Å². The van der Waals surface area contributed by atoms with E-state index in [2.05, 4.69) is 6.07 Å². The highest BCUT2D eigenvalue weighted by atomic mass is 16.5. The van der Waals surface area contributed by atoms with Gasteiger partial charge in [0.1, 0.15) is 17.3 Å². The monoisotopic (exact) mass is 360 g/mol. The lowest BCUT2D eigenvalue weighted by atomic mass is 9.79. The molecule has 0 saturated heterocycles. The minimum Gasteiger partial charge on any atom is -0.494 e. The number of para-hydroxylation sites is 2. The Labute approximate surface area is 155 Å². The van der Waals surface area contributed by atoms with Crippen LogP contribution in [-0.2, 0) is 0 Å². The zero-order valence-corrected chi connectivity index (χ0v) is 14.6. The molecule has 6 heteroatoms. The molecule has 4 rings (SSSR count). The first-order valence-corrected chi connectivity index (χ1v) is 8.59. The van der Waals surface area contributed by atoms with Crippen LogP contribution in [0.5, 0.6) is 11.5 Å². The predicted octanol–water partition coefficient (Wildman–Crippen LogP) is 3.83. The highest BCUT2D eigenvalue weighted by Crippen LogP contribution is 2.45. The van der Waals surface area contributed by atoms with Gasteiger partial charge >= 0.3 is 5.63 Å². The molecule has 2 atom stereocenters. The summed E-state index contributed by atoms with van der Waals surface area (Å²) in [6.07, 6.45) is 0. The highest BCUT2D eigenvalue weighted by Gasteiger charge is 2.41. The first-order valence-electron chi connectivity index (χ1n) is 8.59. The normalized spacial score (nSPS) is 18.4. The summed E-state index contributed by atoms with van der Waals surface area (Å²) in [4.78, 5) is 12.8. The smallest absolute Gasteiger partial charge is 0.343 e.